The molecule has 2 rings (SSSR count). The van der Waals surface area contributed by atoms with Crippen molar-refractivity contribution < 1.29 is 8.42 Å². The predicted molar refractivity (Wildman–Crippen MR) is 83.3 cm³/mol. The first kappa shape index (κ1) is 15.2. The van der Waals surface area contributed by atoms with Gasteiger partial charge >= 0.3 is 0 Å². The second kappa shape index (κ2) is 6.52. The fourth-order valence-electron chi connectivity index (χ4n) is 1.52. The van der Waals surface area contributed by atoms with Crippen LogP contribution < -0.4 is 10.5 Å². The lowest BCUT2D eigenvalue weighted by molar-refractivity contribution is 0.584. The maximum absolute atomic E-state index is 12.1. The summed E-state index contributed by atoms with van der Waals surface area (Å²) in [7, 11) is -3.45. The molecule has 106 valence electrons. The van der Waals surface area contributed by atoms with Crippen molar-refractivity contribution in [3.8, 4) is 11.8 Å². The molecule has 0 saturated heterocycles. The summed E-state index contributed by atoms with van der Waals surface area (Å²) in [4.78, 5) is 1.86. The smallest absolute Gasteiger partial charge is 0.250 e. The number of rotatable bonds is 4. The Labute approximate surface area is 126 Å². The number of hydrogen-bond donors (Lipinski definition) is 2. The number of hydrogen-bond acceptors (Lipinski definition) is 5. The molecule has 0 spiro atoms. The van der Waals surface area contributed by atoms with Gasteiger partial charge in [0.05, 0.1) is 6.54 Å². The van der Waals surface area contributed by atoms with Crippen LogP contribution in [0.3, 0.4) is 0 Å². The number of aryl methyl sites for hydroxylation is 1. The standard InChI is InChI=1S/C13H14N2O2S3/c1-10-4-5-13(19-10)20(16,17)15-9-12-11(3-2-7-14)6-8-18-12/h4-6,8,15H,7,9,14H2,1H3. The molecule has 2 heterocycles. The summed E-state index contributed by atoms with van der Waals surface area (Å²) in [5, 5.41) is 1.89. The SMILES string of the molecule is Cc1ccc(S(=O)(=O)NCc2sccc2C#CCN)s1. The Morgan fingerprint density at radius 3 is 2.80 bits per heavy atom. The van der Waals surface area contributed by atoms with Crippen LogP contribution in [0, 0.1) is 18.8 Å². The maximum atomic E-state index is 12.1. The van der Waals surface area contributed by atoms with E-state index in [9.17, 15) is 8.42 Å². The van der Waals surface area contributed by atoms with Crippen LogP contribution in [0.4, 0.5) is 0 Å². The minimum atomic E-state index is -3.45. The van der Waals surface area contributed by atoms with Crippen LogP contribution in [0.1, 0.15) is 15.3 Å². The van der Waals surface area contributed by atoms with Gasteiger partial charge in [0.1, 0.15) is 4.21 Å². The van der Waals surface area contributed by atoms with Crippen LogP contribution in [0.2, 0.25) is 0 Å². The maximum Gasteiger partial charge on any atom is 0.250 e. The zero-order chi connectivity index (χ0) is 14.6. The van der Waals surface area contributed by atoms with Gasteiger partial charge in [-0.2, -0.15) is 0 Å². The van der Waals surface area contributed by atoms with Gasteiger partial charge in [-0.15, -0.1) is 22.7 Å². The second-order valence-corrected chi connectivity index (χ2v) is 8.24. The third-order valence-electron chi connectivity index (χ3n) is 2.47. The first-order chi connectivity index (χ1) is 9.53. The van der Waals surface area contributed by atoms with Crippen LogP contribution >= 0.6 is 22.7 Å². The van der Waals surface area contributed by atoms with Crippen LogP contribution in [0.25, 0.3) is 0 Å². The van der Waals surface area contributed by atoms with Gasteiger partial charge in [0, 0.05) is 21.9 Å². The van der Waals surface area contributed by atoms with Gasteiger partial charge in [-0.05, 0) is 30.5 Å². The molecular formula is C13H14N2O2S3. The molecule has 0 fully saturated rings. The van der Waals surface area contributed by atoms with Gasteiger partial charge in [-0.3, -0.25) is 0 Å². The van der Waals surface area contributed by atoms with E-state index in [0.717, 1.165) is 15.3 Å². The first-order valence-electron chi connectivity index (χ1n) is 5.84. The van der Waals surface area contributed by atoms with Crippen LogP contribution in [-0.4, -0.2) is 15.0 Å². The molecule has 2 aromatic heterocycles. The molecule has 4 nitrogen and oxygen atoms in total. The zero-order valence-electron chi connectivity index (χ0n) is 10.8. The summed E-state index contributed by atoms with van der Waals surface area (Å²) < 4.78 is 27.2. The van der Waals surface area contributed by atoms with E-state index in [4.69, 9.17) is 5.73 Å². The minimum Gasteiger partial charge on any atom is -0.320 e. The van der Waals surface area contributed by atoms with E-state index in [1.165, 1.54) is 22.7 Å². The normalized spacial score (nSPS) is 11.1. The molecule has 20 heavy (non-hydrogen) atoms. The number of nitrogens with two attached hydrogens (primary N) is 1. The Hall–Kier alpha value is -1.17. The van der Waals surface area contributed by atoms with Gasteiger partial charge in [0.2, 0.25) is 10.0 Å². The molecule has 7 heteroatoms. The van der Waals surface area contributed by atoms with Gasteiger partial charge < -0.3 is 5.73 Å². The van der Waals surface area contributed by atoms with Gasteiger partial charge in [0.15, 0.2) is 0 Å². The predicted octanol–water partition coefficient (Wildman–Crippen LogP) is 1.91. The van der Waals surface area contributed by atoms with E-state index in [1.807, 2.05) is 18.4 Å². The summed E-state index contributed by atoms with van der Waals surface area (Å²) in [5.41, 5.74) is 6.16. The summed E-state index contributed by atoms with van der Waals surface area (Å²) >= 11 is 2.73. The van der Waals surface area contributed by atoms with E-state index in [-0.39, 0.29) is 13.1 Å². The monoisotopic (exact) mass is 326 g/mol. The van der Waals surface area contributed by atoms with Gasteiger partial charge in [-0.25, -0.2) is 13.1 Å². The van der Waals surface area contributed by atoms with Gasteiger partial charge in [0.25, 0.3) is 0 Å². The van der Waals surface area contributed by atoms with Crippen LogP contribution in [0.15, 0.2) is 27.8 Å². The van der Waals surface area contributed by atoms with Crippen molar-refractivity contribution in [1.29, 1.82) is 0 Å². The molecule has 0 unspecified atom stereocenters. The van der Waals surface area contributed by atoms with Crippen molar-refractivity contribution in [2.75, 3.05) is 6.54 Å². The van der Waals surface area contributed by atoms with E-state index in [1.54, 1.807) is 12.1 Å². The van der Waals surface area contributed by atoms with Crippen molar-refractivity contribution in [1.82, 2.24) is 4.72 Å². The van der Waals surface area contributed by atoms with E-state index in [0.29, 0.717) is 4.21 Å². The third kappa shape index (κ3) is 3.69. The lowest BCUT2D eigenvalue weighted by Crippen LogP contribution is -2.22. The van der Waals surface area contributed by atoms with Crippen molar-refractivity contribution in [3.63, 3.8) is 0 Å². The fraction of sp³-hybridized carbons (Fsp3) is 0.231. The minimum absolute atomic E-state index is 0.242. The van der Waals surface area contributed by atoms with Gasteiger partial charge in [-0.1, -0.05) is 11.8 Å². The second-order valence-electron chi connectivity index (χ2n) is 3.95. The zero-order valence-corrected chi connectivity index (χ0v) is 13.3. The number of sulfonamides is 1. The van der Waals surface area contributed by atoms with E-state index < -0.39 is 10.0 Å². The molecule has 2 aromatic rings. The molecule has 0 aliphatic carbocycles. The largest absolute Gasteiger partial charge is 0.320 e. The van der Waals surface area contributed by atoms with Crippen molar-refractivity contribution in [3.05, 3.63) is 38.9 Å². The highest BCUT2D eigenvalue weighted by atomic mass is 32.2. The highest BCUT2D eigenvalue weighted by Crippen LogP contribution is 2.21. The summed E-state index contributed by atoms with van der Waals surface area (Å²) in [6.07, 6.45) is 0. The van der Waals surface area contributed by atoms with Crippen molar-refractivity contribution in [2.24, 2.45) is 5.73 Å². The summed E-state index contributed by atoms with van der Waals surface area (Å²) in [6.45, 7) is 2.41. The molecular weight excluding hydrogens is 312 g/mol. The van der Waals surface area contributed by atoms with Crippen molar-refractivity contribution in [2.45, 2.75) is 17.7 Å². The molecule has 0 bridgehead atoms. The van der Waals surface area contributed by atoms with E-state index in [2.05, 4.69) is 16.6 Å². The molecule has 0 aliphatic heterocycles. The Balaban J connectivity index is 2.11. The molecule has 0 aliphatic rings. The van der Waals surface area contributed by atoms with Crippen molar-refractivity contribution >= 4 is 32.7 Å². The Kier molecular flexibility index (Phi) is 4.96. The summed E-state index contributed by atoms with van der Waals surface area (Å²) in [6, 6.07) is 5.28. The quantitative estimate of drug-likeness (QED) is 0.843. The lowest BCUT2D eigenvalue weighted by Gasteiger charge is -2.03. The molecule has 3 N–H and O–H groups in total. The lowest BCUT2D eigenvalue weighted by atomic mass is 10.2. The molecule has 0 atom stereocenters. The highest BCUT2D eigenvalue weighted by molar-refractivity contribution is 7.91. The third-order valence-corrected chi connectivity index (χ3v) is 6.29. The Bertz CT molecular complexity index is 748. The first-order valence-corrected chi connectivity index (χ1v) is 9.02. The molecule has 0 amide bonds. The van der Waals surface area contributed by atoms with Crippen LogP contribution in [0.5, 0.6) is 0 Å². The molecule has 0 aromatic carbocycles. The molecule has 0 saturated carbocycles. The Morgan fingerprint density at radius 2 is 2.15 bits per heavy atom. The molecule has 0 radical (unpaired) electrons. The van der Waals surface area contributed by atoms with E-state index >= 15 is 0 Å². The number of nitrogens with one attached hydrogen (secondary N) is 1. The Morgan fingerprint density at radius 1 is 1.35 bits per heavy atom. The summed E-state index contributed by atoms with van der Waals surface area (Å²) in [5.74, 6) is 5.71. The number of thiophene rings is 2. The average molecular weight is 326 g/mol. The highest BCUT2D eigenvalue weighted by Gasteiger charge is 2.16. The average Bonchev–Trinajstić information content (AvgIpc) is 3.03. The fourth-order valence-corrected chi connectivity index (χ4v) is 4.71. The van der Waals surface area contributed by atoms with Crippen LogP contribution in [-0.2, 0) is 16.6 Å². The topological polar surface area (TPSA) is 72.2 Å².